The van der Waals surface area contributed by atoms with Gasteiger partial charge in [0.1, 0.15) is 5.82 Å². The van der Waals surface area contributed by atoms with E-state index in [-0.39, 0.29) is 0 Å². The van der Waals surface area contributed by atoms with E-state index in [9.17, 15) is 0 Å². The number of nitrogens with one attached hydrogen (secondary N) is 1. The maximum absolute atomic E-state index is 4.53. The second-order valence-electron chi connectivity index (χ2n) is 5.29. The maximum Gasteiger partial charge on any atom is 0.147 e. The highest BCUT2D eigenvalue weighted by Crippen LogP contribution is 2.17. The largest absolute Gasteiger partial charge is 0.355 e. The molecule has 5 heteroatoms. The first-order valence-electron chi connectivity index (χ1n) is 7.47. The molecule has 0 bridgehead atoms. The number of hydrogen-bond acceptors (Lipinski definition) is 5. The van der Waals surface area contributed by atoms with Crippen molar-refractivity contribution in [3.8, 4) is 0 Å². The van der Waals surface area contributed by atoms with Crippen LogP contribution in [0.15, 0.2) is 29.9 Å². The lowest BCUT2D eigenvalue weighted by molar-refractivity contribution is 0.655. The third-order valence-corrected chi connectivity index (χ3v) is 4.42. The third kappa shape index (κ3) is 4.79. The highest BCUT2D eigenvalue weighted by atomic mass is 32.1. The molecular formula is C16H24N4S. The molecule has 0 aliphatic rings. The monoisotopic (exact) mass is 304 g/mol. The second-order valence-corrected chi connectivity index (χ2v) is 6.32. The van der Waals surface area contributed by atoms with Crippen LogP contribution in [0.4, 0.5) is 5.82 Å². The zero-order chi connectivity index (χ0) is 15.1. The Hall–Kier alpha value is -1.46. The molecule has 0 fully saturated rings. The van der Waals surface area contributed by atoms with E-state index >= 15 is 0 Å². The minimum Gasteiger partial charge on any atom is -0.355 e. The lowest BCUT2D eigenvalue weighted by atomic mass is 10.2. The van der Waals surface area contributed by atoms with Crippen molar-refractivity contribution in [2.75, 3.05) is 18.5 Å². The molecule has 0 saturated carbocycles. The summed E-state index contributed by atoms with van der Waals surface area (Å²) in [4.78, 5) is 12.6. The van der Waals surface area contributed by atoms with E-state index in [4.69, 9.17) is 0 Å². The summed E-state index contributed by atoms with van der Waals surface area (Å²) in [6, 6.07) is 4.69. The van der Waals surface area contributed by atoms with Crippen molar-refractivity contribution in [1.29, 1.82) is 0 Å². The average molecular weight is 304 g/mol. The predicted molar refractivity (Wildman–Crippen MR) is 89.9 cm³/mol. The summed E-state index contributed by atoms with van der Waals surface area (Å²) < 4.78 is 0. The van der Waals surface area contributed by atoms with Crippen LogP contribution in [-0.2, 0) is 13.0 Å². The number of anilines is 1. The normalized spacial score (nSPS) is 12.3. The Bertz CT molecular complexity index is 510. The van der Waals surface area contributed by atoms with Crippen LogP contribution in [0.1, 0.15) is 30.8 Å². The van der Waals surface area contributed by atoms with E-state index in [0.717, 1.165) is 37.4 Å². The Kier molecular flexibility index (Phi) is 6.14. The van der Waals surface area contributed by atoms with E-state index in [0.29, 0.717) is 6.04 Å². The zero-order valence-corrected chi connectivity index (χ0v) is 13.9. The molecular weight excluding hydrogens is 280 g/mol. The van der Waals surface area contributed by atoms with E-state index in [1.165, 1.54) is 4.88 Å². The Labute approximate surface area is 131 Å². The second kappa shape index (κ2) is 8.10. The van der Waals surface area contributed by atoms with Crippen molar-refractivity contribution in [2.45, 2.75) is 39.3 Å². The van der Waals surface area contributed by atoms with Gasteiger partial charge in [-0.2, -0.15) is 0 Å². The standard InChI is InChI=1S/C16H24N4S/c1-4-7-17-10-14-11-19-16(12-18-14)20(3)13(2)9-15-6-5-8-21-15/h5-6,8,11-13,17H,4,7,9-10H2,1-3H3. The molecule has 0 saturated heterocycles. The number of likely N-dealkylation sites (N-methyl/N-ethyl adjacent to an activating group) is 1. The Morgan fingerprint density at radius 1 is 1.33 bits per heavy atom. The van der Waals surface area contributed by atoms with Gasteiger partial charge in [-0.15, -0.1) is 11.3 Å². The molecule has 2 rings (SSSR count). The molecule has 0 aliphatic carbocycles. The fourth-order valence-electron chi connectivity index (χ4n) is 2.10. The van der Waals surface area contributed by atoms with Gasteiger partial charge in [-0.3, -0.25) is 4.98 Å². The van der Waals surface area contributed by atoms with Crippen LogP contribution in [-0.4, -0.2) is 29.6 Å². The van der Waals surface area contributed by atoms with Crippen LogP contribution >= 0.6 is 11.3 Å². The molecule has 0 amide bonds. The van der Waals surface area contributed by atoms with Gasteiger partial charge in [0.25, 0.3) is 0 Å². The smallest absolute Gasteiger partial charge is 0.147 e. The Morgan fingerprint density at radius 2 is 2.19 bits per heavy atom. The first-order valence-corrected chi connectivity index (χ1v) is 8.35. The lowest BCUT2D eigenvalue weighted by Gasteiger charge is -2.25. The van der Waals surface area contributed by atoms with Crippen molar-refractivity contribution >= 4 is 17.2 Å². The van der Waals surface area contributed by atoms with Crippen LogP contribution in [0.2, 0.25) is 0 Å². The Balaban J connectivity index is 1.91. The first kappa shape index (κ1) is 15.9. The molecule has 1 N–H and O–H groups in total. The molecule has 2 aromatic rings. The summed E-state index contributed by atoms with van der Waals surface area (Å²) in [5.74, 6) is 0.929. The molecule has 21 heavy (non-hydrogen) atoms. The van der Waals surface area contributed by atoms with Crippen molar-refractivity contribution in [3.63, 3.8) is 0 Å². The molecule has 2 heterocycles. The fraction of sp³-hybridized carbons (Fsp3) is 0.500. The van der Waals surface area contributed by atoms with Gasteiger partial charge in [-0.1, -0.05) is 13.0 Å². The molecule has 0 aromatic carbocycles. The van der Waals surface area contributed by atoms with Crippen molar-refractivity contribution in [3.05, 3.63) is 40.5 Å². The van der Waals surface area contributed by atoms with Crippen LogP contribution in [0, 0.1) is 0 Å². The predicted octanol–water partition coefficient (Wildman–Crippen LogP) is 3.11. The highest BCUT2D eigenvalue weighted by Gasteiger charge is 2.12. The van der Waals surface area contributed by atoms with E-state index in [1.54, 1.807) is 11.3 Å². The molecule has 0 radical (unpaired) electrons. The number of rotatable bonds is 8. The van der Waals surface area contributed by atoms with Gasteiger partial charge in [0.15, 0.2) is 0 Å². The zero-order valence-electron chi connectivity index (χ0n) is 13.0. The van der Waals surface area contributed by atoms with E-state index in [2.05, 4.69) is 58.6 Å². The Morgan fingerprint density at radius 3 is 2.81 bits per heavy atom. The number of hydrogen-bond donors (Lipinski definition) is 1. The lowest BCUT2D eigenvalue weighted by Crippen LogP contribution is -2.31. The maximum atomic E-state index is 4.53. The van der Waals surface area contributed by atoms with Gasteiger partial charge in [-0.25, -0.2) is 4.98 Å². The van der Waals surface area contributed by atoms with E-state index < -0.39 is 0 Å². The summed E-state index contributed by atoms with van der Waals surface area (Å²) in [6.07, 6.45) is 5.91. The molecule has 1 atom stereocenters. The van der Waals surface area contributed by atoms with Gasteiger partial charge >= 0.3 is 0 Å². The molecule has 114 valence electrons. The molecule has 0 aliphatic heterocycles. The first-order chi connectivity index (χ1) is 10.2. The number of thiophene rings is 1. The molecule has 2 aromatic heterocycles. The summed E-state index contributed by atoms with van der Waals surface area (Å²) in [6.45, 7) is 6.18. The fourth-order valence-corrected chi connectivity index (χ4v) is 2.92. The number of nitrogens with zero attached hydrogens (tertiary/aromatic N) is 3. The summed E-state index contributed by atoms with van der Waals surface area (Å²) in [5.41, 5.74) is 0.992. The van der Waals surface area contributed by atoms with Gasteiger partial charge < -0.3 is 10.2 Å². The minimum atomic E-state index is 0.405. The van der Waals surface area contributed by atoms with Crippen LogP contribution in [0.5, 0.6) is 0 Å². The SMILES string of the molecule is CCCNCc1cnc(N(C)C(C)Cc2cccs2)cn1. The molecule has 4 nitrogen and oxygen atoms in total. The van der Waals surface area contributed by atoms with Crippen LogP contribution in [0.3, 0.4) is 0 Å². The van der Waals surface area contributed by atoms with Crippen molar-refractivity contribution < 1.29 is 0 Å². The quantitative estimate of drug-likeness (QED) is 0.761. The van der Waals surface area contributed by atoms with Crippen molar-refractivity contribution in [2.24, 2.45) is 0 Å². The van der Waals surface area contributed by atoms with Crippen molar-refractivity contribution in [1.82, 2.24) is 15.3 Å². The third-order valence-electron chi connectivity index (χ3n) is 3.52. The van der Waals surface area contributed by atoms with Crippen LogP contribution in [0.25, 0.3) is 0 Å². The molecule has 1 unspecified atom stereocenters. The average Bonchev–Trinajstić information content (AvgIpc) is 3.00. The summed E-state index contributed by atoms with van der Waals surface area (Å²) in [7, 11) is 2.08. The highest BCUT2D eigenvalue weighted by molar-refractivity contribution is 7.09. The summed E-state index contributed by atoms with van der Waals surface area (Å²) in [5, 5.41) is 5.46. The minimum absolute atomic E-state index is 0.405. The van der Waals surface area contributed by atoms with Gasteiger partial charge in [0.05, 0.1) is 18.1 Å². The van der Waals surface area contributed by atoms with Gasteiger partial charge in [0, 0.05) is 30.9 Å². The summed E-state index contributed by atoms with van der Waals surface area (Å²) >= 11 is 1.81. The molecule has 0 spiro atoms. The topological polar surface area (TPSA) is 41.1 Å². The number of aromatic nitrogens is 2. The van der Waals surface area contributed by atoms with Gasteiger partial charge in [0.2, 0.25) is 0 Å². The van der Waals surface area contributed by atoms with E-state index in [1.807, 2.05) is 12.4 Å². The van der Waals surface area contributed by atoms with Gasteiger partial charge in [-0.05, 0) is 31.3 Å². The van der Waals surface area contributed by atoms with Crippen LogP contribution < -0.4 is 10.2 Å².